The molecule has 0 radical (unpaired) electrons. The van der Waals surface area contributed by atoms with Crippen LogP contribution in [0.5, 0.6) is 0 Å². The van der Waals surface area contributed by atoms with Crippen molar-refractivity contribution in [2.45, 2.75) is 75.9 Å². The highest BCUT2D eigenvalue weighted by Crippen LogP contribution is 2.24. The van der Waals surface area contributed by atoms with Crippen molar-refractivity contribution in [2.75, 3.05) is 13.2 Å². The SMILES string of the molecule is CC(=O)N1CCC[C@H]1C(=O)N[C@@H](C)C(=O)N[C@@H](CCC(=O)O)C(O)(O)[C@@](C)(N)CO. The molecule has 172 valence electrons. The minimum atomic E-state index is -2.84. The summed E-state index contributed by atoms with van der Waals surface area (Å²) in [4.78, 5) is 48.9. The van der Waals surface area contributed by atoms with Crippen molar-refractivity contribution < 1.29 is 39.6 Å². The van der Waals surface area contributed by atoms with Crippen LogP contribution in [-0.4, -0.2) is 91.6 Å². The molecule has 0 bridgehead atoms. The second-order valence-electron chi connectivity index (χ2n) is 7.90. The summed E-state index contributed by atoms with van der Waals surface area (Å²) in [6.07, 6.45) is 0.219. The molecule has 30 heavy (non-hydrogen) atoms. The van der Waals surface area contributed by atoms with Crippen molar-refractivity contribution in [1.29, 1.82) is 0 Å². The fourth-order valence-corrected chi connectivity index (χ4v) is 3.24. The summed E-state index contributed by atoms with van der Waals surface area (Å²) in [5.41, 5.74) is 3.73. The smallest absolute Gasteiger partial charge is 0.303 e. The Morgan fingerprint density at radius 2 is 1.83 bits per heavy atom. The molecule has 0 aromatic rings. The number of nitrogens with two attached hydrogens (primary N) is 1. The van der Waals surface area contributed by atoms with Gasteiger partial charge in [-0.2, -0.15) is 0 Å². The van der Waals surface area contributed by atoms with Gasteiger partial charge in [0.15, 0.2) is 0 Å². The van der Waals surface area contributed by atoms with Gasteiger partial charge < -0.3 is 41.7 Å². The molecular formula is C18H32N4O8. The Labute approximate surface area is 174 Å². The van der Waals surface area contributed by atoms with Crippen molar-refractivity contribution in [2.24, 2.45) is 5.73 Å². The molecule has 0 aromatic carbocycles. The van der Waals surface area contributed by atoms with E-state index in [1.54, 1.807) is 0 Å². The van der Waals surface area contributed by atoms with E-state index in [2.05, 4.69) is 10.6 Å². The fourth-order valence-electron chi connectivity index (χ4n) is 3.24. The predicted octanol–water partition coefficient (Wildman–Crippen LogP) is -2.76. The maximum atomic E-state index is 12.5. The predicted molar refractivity (Wildman–Crippen MR) is 104 cm³/mol. The van der Waals surface area contributed by atoms with E-state index in [1.807, 2.05) is 0 Å². The van der Waals surface area contributed by atoms with E-state index in [-0.39, 0.29) is 12.3 Å². The van der Waals surface area contributed by atoms with E-state index in [1.165, 1.54) is 18.7 Å². The van der Waals surface area contributed by atoms with Gasteiger partial charge in [0.1, 0.15) is 12.1 Å². The number of carboxylic acid groups (broad SMARTS) is 1. The average Bonchev–Trinajstić information content (AvgIpc) is 3.14. The number of hydrogen-bond acceptors (Lipinski definition) is 8. The first-order chi connectivity index (χ1) is 13.7. The third kappa shape index (κ3) is 6.11. The summed E-state index contributed by atoms with van der Waals surface area (Å²) in [7, 11) is 0. The van der Waals surface area contributed by atoms with Crippen LogP contribution in [0.4, 0.5) is 0 Å². The number of aliphatic hydroxyl groups excluding tert-OH is 1. The van der Waals surface area contributed by atoms with Crippen molar-refractivity contribution in [3.63, 3.8) is 0 Å². The zero-order valence-corrected chi connectivity index (χ0v) is 17.4. The fraction of sp³-hybridized carbons (Fsp3) is 0.778. The molecule has 0 unspecified atom stereocenters. The number of aliphatic carboxylic acids is 1. The summed E-state index contributed by atoms with van der Waals surface area (Å²) in [5.74, 6) is -5.67. The number of nitrogens with zero attached hydrogens (tertiary/aromatic N) is 1. The van der Waals surface area contributed by atoms with Crippen LogP contribution < -0.4 is 16.4 Å². The second-order valence-corrected chi connectivity index (χ2v) is 7.90. The van der Waals surface area contributed by atoms with Gasteiger partial charge in [-0.1, -0.05) is 0 Å². The van der Waals surface area contributed by atoms with Crippen LogP contribution in [-0.2, 0) is 19.2 Å². The summed E-state index contributed by atoms with van der Waals surface area (Å²) < 4.78 is 0. The summed E-state index contributed by atoms with van der Waals surface area (Å²) in [6.45, 7) is 3.43. The first kappa shape index (κ1) is 25.8. The number of rotatable bonds is 10. The summed E-state index contributed by atoms with van der Waals surface area (Å²) in [5, 5.41) is 43.9. The Balaban J connectivity index is 2.88. The summed E-state index contributed by atoms with van der Waals surface area (Å²) in [6, 6.07) is -3.35. The third-order valence-corrected chi connectivity index (χ3v) is 5.33. The van der Waals surface area contributed by atoms with E-state index < -0.39 is 60.3 Å². The number of likely N-dealkylation sites (tertiary alicyclic amines) is 1. The molecule has 8 N–H and O–H groups in total. The topological polar surface area (TPSA) is 203 Å². The van der Waals surface area contributed by atoms with Gasteiger partial charge in [0.25, 0.3) is 0 Å². The molecule has 1 heterocycles. The largest absolute Gasteiger partial charge is 0.481 e. The highest BCUT2D eigenvalue weighted by Gasteiger charge is 2.49. The molecule has 0 aliphatic carbocycles. The van der Waals surface area contributed by atoms with Crippen molar-refractivity contribution in [1.82, 2.24) is 15.5 Å². The molecule has 0 spiro atoms. The Morgan fingerprint density at radius 3 is 2.33 bits per heavy atom. The standard InChI is InChI=1S/C18H32N4O8/c1-10(20-16(28)12-5-4-8-22(12)11(2)24)15(27)21-13(6-7-14(25)26)18(29,30)17(3,19)9-23/h10,12-13,23,29-30H,4-9,19H2,1-3H3,(H,20,28)(H,21,27)(H,25,26)/t10-,12-,13-,17-/m0/s1. The number of amides is 3. The molecule has 12 heteroatoms. The van der Waals surface area contributed by atoms with Crippen LogP contribution >= 0.6 is 0 Å². The summed E-state index contributed by atoms with van der Waals surface area (Å²) >= 11 is 0. The highest BCUT2D eigenvalue weighted by atomic mass is 16.5. The van der Waals surface area contributed by atoms with Crippen molar-refractivity contribution >= 4 is 23.7 Å². The molecule has 1 fully saturated rings. The zero-order valence-electron chi connectivity index (χ0n) is 17.4. The number of carbonyl (C=O) groups is 4. The van der Waals surface area contributed by atoms with Gasteiger partial charge in [-0.05, 0) is 33.1 Å². The van der Waals surface area contributed by atoms with Gasteiger partial charge in [0.05, 0.1) is 18.2 Å². The van der Waals surface area contributed by atoms with Crippen LogP contribution in [0, 0.1) is 0 Å². The van der Waals surface area contributed by atoms with Gasteiger partial charge in [0, 0.05) is 19.9 Å². The lowest BCUT2D eigenvalue weighted by Crippen LogP contribution is -2.70. The van der Waals surface area contributed by atoms with E-state index in [0.29, 0.717) is 19.4 Å². The van der Waals surface area contributed by atoms with Crippen LogP contribution in [0.3, 0.4) is 0 Å². The molecule has 4 atom stereocenters. The molecule has 1 rings (SSSR count). The monoisotopic (exact) mass is 432 g/mol. The molecule has 1 aliphatic rings. The van der Waals surface area contributed by atoms with Gasteiger partial charge in [0.2, 0.25) is 23.5 Å². The number of nitrogens with one attached hydrogen (secondary N) is 2. The number of carboxylic acids is 1. The second kappa shape index (κ2) is 10.2. The molecule has 0 aromatic heterocycles. The van der Waals surface area contributed by atoms with Gasteiger partial charge in [-0.15, -0.1) is 0 Å². The lowest BCUT2D eigenvalue weighted by molar-refractivity contribution is -0.233. The molecule has 1 aliphatic heterocycles. The number of hydrogen-bond donors (Lipinski definition) is 7. The van der Waals surface area contributed by atoms with Crippen LogP contribution in [0.2, 0.25) is 0 Å². The molecule has 0 saturated carbocycles. The Bertz CT molecular complexity index is 667. The normalized spacial score (nSPS) is 20.8. The highest BCUT2D eigenvalue weighted by molar-refractivity contribution is 5.92. The average molecular weight is 432 g/mol. The third-order valence-electron chi connectivity index (χ3n) is 5.33. The maximum Gasteiger partial charge on any atom is 0.303 e. The van der Waals surface area contributed by atoms with Crippen molar-refractivity contribution in [3.8, 4) is 0 Å². The zero-order chi connectivity index (χ0) is 23.3. The Kier molecular flexibility index (Phi) is 8.72. The first-order valence-electron chi connectivity index (χ1n) is 9.68. The number of aliphatic hydroxyl groups is 3. The first-order valence-corrected chi connectivity index (χ1v) is 9.68. The minimum absolute atomic E-state index is 0.255. The van der Waals surface area contributed by atoms with E-state index >= 15 is 0 Å². The molecule has 1 saturated heterocycles. The van der Waals surface area contributed by atoms with Gasteiger partial charge in [-0.25, -0.2) is 0 Å². The Hall–Kier alpha value is -2.28. The van der Waals surface area contributed by atoms with Gasteiger partial charge >= 0.3 is 5.97 Å². The molecule has 3 amide bonds. The van der Waals surface area contributed by atoms with E-state index in [9.17, 15) is 34.5 Å². The van der Waals surface area contributed by atoms with Gasteiger partial charge in [-0.3, -0.25) is 19.2 Å². The molecular weight excluding hydrogens is 400 g/mol. The molecule has 12 nitrogen and oxygen atoms in total. The van der Waals surface area contributed by atoms with Crippen LogP contribution in [0.1, 0.15) is 46.5 Å². The maximum absolute atomic E-state index is 12.5. The van der Waals surface area contributed by atoms with Crippen molar-refractivity contribution in [3.05, 3.63) is 0 Å². The van der Waals surface area contributed by atoms with E-state index in [0.717, 1.165) is 6.92 Å². The minimum Gasteiger partial charge on any atom is -0.481 e. The lowest BCUT2D eigenvalue weighted by Gasteiger charge is -2.42. The number of carbonyl (C=O) groups excluding carboxylic acids is 3. The Morgan fingerprint density at radius 1 is 1.23 bits per heavy atom. The van der Waals surface area contributed by atoms with E-state index in [4.69, 9.17) is 10.8 Å². The van der Waals surface area contributed by atoms with Crippen LogP contribution in [0.15, 0.2) is 0 Å². The van der Waals surface area contributed by atoms with Crippen LogP contribution in [0.25, 0.3) is 0 Å². The lowest BCUT2D eigenvalue weighted by atomic mass is 9.84. The quantitative estimate of drug-likeness (QED) is 0.178.